The number of hydrogen-bond donors (Lipinski definition) is 0. The van der Waals surface area contributed by atoms with E-state index in [9.17, 15) is 0 Å². The van der Waals surface area contributed by atoms with Gasteiger partial charge in [-0.2, -0.15) is 0 Å². The monoisotopic (exact) mass is 573 g/mol. The Morgan fingerprint density at radius 2 is 0.711 bits per heavy atom. The van der Waals surface area contributed by atoms with E-state index in [4.69, 9.17) is 0 Å². The highest BCUT2D eigenvalue weighted by Gasteiger charge is 2.23. The Bertz CT molecular complexity index is 2740. The molecule has 0 N–H and O–H groups in total. The number of fused-ring (bicyclic) bond motifs is 10. The highest BCUT2D eigenvalue weighted by Crippen LogP contribution is 2.44. The van der Waals surface area contributed by atoms with E-state index in [1.54, 1.807) is 0 Å². The molecule has 7 aromatic carbocycles. The van der Waals surface area contributed by atoms with Crippen molar-refractivity contribution in [2.75, 3.05) is 0 Å². The third kappa shape index (κ3) is 3.30. The predicted octanol–water partition coefficient (Wildman–Crippen LogP) is 11.0. The van der Waals surface area contributed by atoms with Crippen molar-refractivity contribution in [1.29, 1.82) is 0 Å². The molecule has 0 atom stereocenters. The van der Waals surface area contributed by atoms with Gasteiger partial charge >= 0.3 is 0 Å². The summed E-state index contributed by atoms with van der Waals surface area (Å²) >= 11 is 0. The van der Waals surface area contributed by atoms with Crippen molar-refractivity contribution in [2.45, 2.75) is 0 Å². The summed E-state index contributed by atoms with van der Waals surface area (Å²) in [7, 11) is 0. The van der Waals surface area contributed by atoms with Gasteiger partial charge in [-0.05, 0) is 54.6 Å². The third-order valence-corrected chi connectivity index (χ3v) is 9.41. The molecule has 0 aliphatic rings. The van der Waals surface area contributed by atoms with E-state index in [2.05, 4.69) is 177 Å². The lowest BCUT2D eigenvalue weighted by molar-refractivity contribution is 1.15. The normalized spacial score (nSPS) is 12.0. The van der Waals surface area contributed by atoms with Gasteiger partial charge in [-0.15, -0.1) is 0 Å². The van der Waals surface area contributed by atoms with Gasteiger partial charge in [0.15, 0.2) is 0 Å². The first-order valence-corrected chi connectivity index (χ1v) is 15.5. The second-order valence-electron chi connectivity index (χ2n) is 11.8. The van der Waals surface area contributed by atoms with Gasteiger partial charge in [0.25, 0.3) is 0 Å². The van der Waals surface area contributed by atoms with Crippen LogP contribution in [0.3, 0.4) is 0 Å². The zero-order valence-electron chi connectivity index (χ0n) is 24.4. The van der Waals surface area contributed by atoms with Crippen LogP contribution in [0.4, 0.5) is 0 Å². The Balaban J connectivity index is 1.45. The molecule has 0 aliphatic carbocycles. The first-order chi connectivity index (χ1) is 22.4. The minimum Gasteiger partial charge on any atom is -0.309 e. The van der Waals surface area contributed by atoms with Crippen LogP contribution in [-0.4, -0.2) is 13.7 Å². The smallest absolute Gasteiger partial charge is 0.0789 e. The maximum atomic E-state index is 2.52. The molecule has 3 heterocycles. The highest BCUT2D eigenvalue weighted by atomic mass is 15.1. The van der Waals surface area contributed by atoms with E-state index < -0.39 is 0 Å². The van der Waals surface area contributed by atoms with Crippen LogP contribution in [0.5, 0.6) is 0 Å². The molecule has 0 saturated heterocycles. The zero-order valence-corrected chi connectivity index (χ0v) is 24.4. The minimum atomic E-state index is 1.16. The lowest BCUT2D eigenvalue weighted by Crippen LogP contribution is -1.99. The minimum absolute atomic E-state index is 1.16. The van der Waals surface area contributed by atoms with E-state index in [0.29, 0.717) is 0 Å². The standard InChI is InChI=1S/C42H27N3/c1-3-14-28(15-4-1)43-37-23-12-9-20-34(37)40-38(43)24-13-25-39(40)45-36-22-11-8-19-31(36)33-27-26-32-30-18-7-10-21-35(30)44(41(32)42(33)45)29-16-5-2-6-17-29/h1-27H. The van der Waals surface area contributed by atoms with Crippen LogP contribution in [0.15, 0.2) is 164 Å². The maximum Gasteiger partial charge on any atom is 0.0789 e. The molecule has 10 rings (SSSR count). The first-order valence-electron chi connectivity index (χ1n) is 15.5. The average Bonchev–Trinajstić information content (AvgIpc) is 3.75. The van der Waals surface area contributed by atoms with Crippen molar-refractivity contribution in [3.63, 3.8) is 0 Å². The van der Waals surface area contributed by atoms with Crippen LogP contribution >= 0.6 is 0 Å². The summed E-state index contributed by atoms with van der Waals surface area (Å²) < 4.78 is 7.38. The van der Waals surface area contributed by atoms with Gasteiger partial charge in [0.1, 0.15) is 0 Å². The van der Waals surface area contributed by atoms with E-state index in [1.807, 2.05) is 0 Å². The van der Waals surface area contributed by atoms with E-state index in [0.717, 1.165) is 11.4 Å². The average molecular weight is 574 g/mol. The summed E-state index contributed by atoms with van der Waals surface area (Å²) in [4.78, 5) is 0. The lowest BCUT2D eigenvalue weighted by atomic mass is 10.1. The number of nitrogens with zero attached hydrogens (tertiary/aromatic N) is 3. The summed E-state index contributed by atoms with van der Waals surface area (Å²) in [6, 6.07) is 59.4. The van der Waals surface area contributed by atoms with Crippen LogP contribution in [0.2, 0.25) is 0 Å². The molecule has 0 aliphatic heterocycles. The van der Waals surface area contributed by atoms with Crippen molar-refractivity contribution in [2.24, 2.45) is 0 Å². The summed E-state index contributed by atoms with van der Waals surface area (Å²) in [5.74, 6) is 0. The predicted molar refractivity (Wildman–Crippen MR) is 189 cm³/mol. The second-order valence-corrected chi connectivity index (χ2v) is 11.8. The molecule has 210 valence electrons. The van der Waals surface area contributed by atoms with Crippen molar-refractivity contribution in [3.8, 4) is 17.1 Å². The summed E-state index contributed by atoms with van der Waals surface area (Å²) in [6.07, 6.45) is 0. The Hall–Kier alpha value is -6.06. The summed E-state index contributed by atoms with van der Waals surface area (Å²) in [6.45, 7) is 0. The maximum absolute atomic E-state index is 2.52. The van der Waals surface area contributed by atoms with Gasteiger partial charge in [-0.3, -0.25) is 0 Å². The van der Waals surface area contributed by atoms with Gasteiger partial charge in [-0.1, -0.05) is 109 Å². The Morgan fingerprint density at radius 1 is 0.267 bits per heavy atom. The molecule has 0 bridgehead atoms. The third-order valence-electron chi connectivity index (χ3n) is 9.41. The van der Waals surface area contributed by atoms with E-state index in [-0.39, 0.29) is 0 Å². The fourth-order valence-corrected chi connectivity index (χ4v) is 7.64. The van der Waals surface area contributed by atoms with Gasteiger partial charge < -0.3 is 13.7 Å². The molecule has 3 nitrogen and oxygen atoms in total. The number of benzene rings is 7. The van der Waals surface area contributed by atoms with Crippen molar-refractivity contribution >= 4 is 65.4 Å². The molecule has 0 fully saturated rings. The van der Waals surface area contributed by atoms with Crippen molar-refractivity contribution in [1.82, 2.24) is 13.7 Å². The summed E-state index contributed by atoms with van der Waals surface area (Å²) in [5, 5.41) is 7.51. The molecule has 10 aromatic rings. The van der Waals surface area contributed by atoms with Crippen LogP contribution in [0.1, 0.15) is 0 Å². The number of aromatic nitrogens is 3. The lowest BCUT2D eigenvalue weighted by Gasteiger charge is -2.14. The molecule has 0 radical (unpaired) electrons. The second kappa shape index (κ2) is 9.22. The van der Waals surface area contributed by atoms with Crippen LogP contribution in [0.25, 0.3) is 82.5 Å². The highest BCUT2D eigenvalue weighted by molar-refractivity contribution is 6.25. The summed E-state index contributed by atoms with van der Waals surface area (Å²) in [5.41, 5.74) is 10.8. The van der Waals surface area contributed by atoms with Crippen LogP contribution in [-0.2, 0) is 0 Å². The van der Waals surface area contributed by atoms with Crippen molar-refractivity contribution in [3.05, 3.63) is 164 Å². The van der Waals surface area contributed by atoms with E-state index in [1.165, 1.54) is 71.1 Å². The fourth-order valence-electron chi connectivity index (χ4n) is 7.64. The van der Waals surface area contributed by atoms with Gasteiger partial charge in [0.2, 0.25) is 0 Å². The Labute approximate surface area is 259 Å². The molecule has 0 saturated carbocycles. The molecule has 0 spiro atoms. The number of para-hydroxylation sites is 5. The van der Waals surface area contributed by atoms with Crippen molar-refractivity contribution < 1.29 is 0 Å². The molecular formula is C42H27N3. The Kier molecular flexibility index (Phi) is 5.00. The molecule has 3 heteroatoms. The van der Waals surface area contributed by atoms with Crippen LogP contribution < -0.4 is 0 Å². The van der Waals surface area contributed by atoms with Gasteiger partial charge in [-0.25, -0.2) is 0 Å². The largest absolute Gasteiger partial charge is 0.309 e. The fraction of sp³-hybridized carbons (Fsp3) is 0. The topological polar surface area (TPSA) is 14.8 Å². The van der Waals surface area contributed by atoms with Gasteiger partial charge in [0.05, 0.1) is 38.8 Å². The SMILES string of the molecule is c1ccc(-n2c3ccccc3c3c(-n4c5ccccc5c5ccc6c7ccccc7n(-c7ccccc7)c6c54)cccc32)cc1. The quantitative estimate of drug-likeness (QED) is 0.200. The first kappa shape index (κ1) is 24.4. The number of rotatable bonds is 3. The molecule has 3 aromatic heterocycles. The molecule has 0 amide bonds. The number of hydrogen-bond acceptors (Lipinski definition) is 0. The van der Waals surface area contributed by atoms with E-state index >= 15 is 0 Å². The zero-order chi connectivity index (χ0) is 29.5. The van der Waals surface area contributed by atoms with Gasteiger partial charge in [0, 0.05) is 43.7 Å². The Morgan fingerprint density at radius 3 is 1.33 bits per heavy atom. The molecule has 0 unspecified atom stereocenters. The molecular weight excluding hydrogens is 546 g/mol. The molecule has 45 heavy (non-hydrogen) atoms. The van der Waals surface area contributed by atoms with Crippen LogP contribution in [0, 0.1) is 0 Å².